The minimum atomic E-state index is -3.97. The van der Waals surface area contributed by atoms with Crippen LogP contribution in [0.4, 0.5) is 0 Å². The molecule has 2 amide bonds. The molecule has 4 aromatic rings. The molecule has 0 aliphatic carbocycles. The number of sulfone groups is 1. The van der Waals surface area contributed by atoms with Gasteiger partial charge in [-0.25, -0.2) is 19.3 Å². The lowest BCUT2D eigenvalue weighted by molar-refractivity contribution is 0.0947. The smallest absolute Gasteiger partial charge is 0.271 e. The van der Waals surface area contributed by atoms with E-state index in [1.54, 1.807) is 0 Å². The van der Waals surface area contributed by atoms with E-state index < -0.39 is 21.7 Å². The fourth-order valence-corrected chi connectivity index (χ4v) is 4.70. The maximum absolute atomic E-state index is 13.0. The van der Waals surface area contributed by atoms with Gasteiger partial charge in [-0.2, -0.15) is 10.2 Å². The Kier molecular flexibility index (Phi) is 8.29. The van der Waals surface area contributed by atoms with Crippen LogP contribution in [0.25, 0.3) is 0 Å². The lowest BCUT2D eigenvalue weighted by atomic mass is 10.2. The van der Waals surface area contributed by atoms with E-state index in [1.807, 2.05) is 0 Å². The maximum Gasteiger partial charge on any atom is 0.271 e. The Balaban J connectivity index is 1.38. The van der Waals surface area contributed by atoms with Crippen molar-refractivity contribution in [2.24, 2.45) is 10.2 Å². The molecule has 0 radical (unpaired) electrons. The topological polar surface area (TPSA) is 198 Å². The molecule has 208 valence electrons. The summed E-state index contributed by atoms with van der Waals surface area (Å²) in [5.41, 5.74) is 5.30. The van der Waals surface area contributed by atoms with Gasteiger partial charge in [-0.05, 0) is 72.8 Å². The number of carbonyl (C=O) groups is 2. The van der Waals surface area contributed by atoms with Crippen LogP contribution in [-0.2, 0) is 9.84 Å². The average Bonchev–Trinajstić information content (AvgIpc) is 2.95. The summed E-state index contributed by atoms with van der Waals surface area (Å²) in [5, 5.41) is 45.6. The van der Waals surface area contributed by atoms with Crippen LogP contribution < -0.4 is 10.9 Å². The number of phenolic OH excluding ortho intramolecular Hbond substituents is 4. The van der Waals surface area contributed by atoms with Crippen LogP contribution in [-0.4, -0.2) is 53.1 Å². The van der Waals surface area contributed by atoms with E-state index in [9.17, 15) is 38.4 Å². The number of phenols is 4. The molecule has 13 heteroatoms. The molecule has 0 aliphatic heterocycles. The first-order valence-electron chi connectivity index (χ1n) is 11.7. The number of rotatable bonds is 8. The largest absolute Gasteiger partial charge is 0.508 e. The summed E-state index contributed by atoms with van der Waals surface area (Å²) < 4.78 is 26.1. The molecule has 0 heterocycles. The van der Waals surface area contributed by atoms with Gasteiger partial charge in [-0.3, -0.25) is 9.59 Å². The highest BCUT2D eigenvalue weighted by atomic mass is 32.2. The van der Waals surface area contributed by atoms with E-state index in [1.165, 1.54) is 85.2 Å². The Morgan fingerprint density at radius 1 is 0.585 bits per heavy atom. The summed E-state index contributed by atoms with van der Waals surface area (Å²) in [4.78, 5) is 24.5. The molecule has 0 atom stereocenters. The molecular formula is C28H22N4O8S. The Morgan fingerprint density at radius 3 is 1.29 bits per heavy atom. The third-order valence-corrected chi connectivity index (χ3v) is 7.41. The molecule has 0 saturated heterocycles. The number of aromatic hydroxyl groups is 4. The first-order valence-corrected chi connectivity index (χ1v) is 13.2. The van der Waals surface area contributed by atoms with Crippen LogP contribution in [0.5, 0.6) is 23.0 Å². The summed E-state index contributed by atoms with van der Waals surface area (Å²) in [6.07, 6.45) is 2.37. The summed E-state index contributed by atoms with van der Waals surface area (Å²) in [7, 11) is -3.97. The van der Waals surface area contributed by atoms with Gasteiger partial charge >= 0.3 is 0 Å². The van der Waals surface area contributed by atoms with E-state index in [4.69, 9.17) is 0 Å². The number of hydrogen-bond acceptors (Lipinski definition) is 10. The first-order chi connectivity index (χ1) is 19.5. The van der Waals surface area contributed by atoms with Crippen molar-refractivity contribution >= 4 is 34.1 Å². The molecule has 0 unspecified atom stereocenters. The Labute approximate surface area is 233 Å². The van der Waals surface area contributed by atoms with Crippen molar-refractivity contribution in [3.05, 3.63) is 107 Å². The van der Waals surface area contributed by atoms with Gasteiger partial charge in [-0.15, -0.1) is 0 Å². The van der Waals surface area contributed by atoms with Gasteiger partial charge in [0, 0.05) is 34.4 Å². The van der Waals surface area contributed by atoms with Crippen LogP contribution in [0.1, 0.15) is 31.8 Å². The van der Waals surface area contributed by atoms with Crippen molar-refractivity contribution in [3.63, 3.8) is 0 Å². The van der Waals surface area contributed by atoms with Crippen molar-refractivity contribution in [2.75, 3.05) is 0 Å². The van der Waals surface area contributed by atoms with E-state index in [-0.39, 0.29) is 55.0 Å². The standard InChI is InChI=1S/C28H22N4O8S/c33-21-7-1-19(25(35)13-21)15-29-31-27(37)17-3-9-23(10-4-17)41(39,40)24-11-5-18(6-12-24)28(38)32-30-16-20-2-8-22(34)14-26(20)36/h1-16,33-36H,(H,31,37)(H,32,38)/b29-15+,30-16+. The predicted octanol–water partition coefficient (Wildman–Crippen LogP) is 2.87. The van der Waals surface area contributed by atoms with Crippen molar-refractivity contribution in [1.29, 1.82) is 0 Å². The molecule has 0 saturated carbocycles. The second kappa shape index (κ2) is 12.0. The van der Waals surface area contributed by atoms with E-state index in [0.717, 1.165) is 12.1 Å². The molecule has 41 heavy (non-hydrogen) atoms. The third kappa shape index (κ3) is 6.85. The molecule has 4 aromatic carbocycles. The number of carbonyl (C=O) groups excluding carboxylic acids is 2. The van der Waals surface area contributed by atoms with Gasteiger partial charge in [0.2, 0.25) is 9.84 Å². The number of nitrogens with zero attached hydrogens (tertiary/aromatic N) is 2. The van der Waals surface area contributed by atoms with Gasteiger partial charge in [-0.1, -0.05) is 0 Å². The van der Waals surface area contributed by atoms with Crippen LogP contribution in [0.15, 0.2) is 105 Å². The van der Waals surface area contributed by atoms with Crippen molar-refractivity contribution in [1.82, 2.24) is 10.9 Å². The molecule has 0 bridgehead atoms. The fraction of sp³-hybridized carbons (Fsp3) is 0. The third-order valence-electron chi connectivity index (χ3n) is 5.62. The lowest BCUT2D eigenvalue weighted by Crippen LogP contribution is -2.18. The monoisotopic (exact) mass is 574 g/mol. The zero-order chi connectivity index (χ0) is 29.6. The fourth-order valence-electron chi connectivity index (χ4n) is 3.44. The minimum Gasteiger partial charge on any atom is -0.508 e. The van der Waals surface area contributed by atoms with Crippen LogP contribution >= 0.6 is 0 Å². The minimum absolute atomic E-state index is 0.0814. The van der Waals surface area contributed by atoms with Crippen molar-refractivity contribution in [2.45, 2.75) is 9.79 Å². The number of hydrazone groups is 2. The van der Waals surface area contributed by atoms with Gasteiger partial charge in [0.25, 0.3) is 11.8 Å². The second-order valence-electron chi connectivity index (χ2n) is 8.44. The second-order valence-corrected chi connectivity index (χ2v) is 10.4. The molecule has 0 spiro atoms. The highest BCUT2D eigenvalue weighted by Gasteiger charge is 2.19. The van der Waals surface area contributed by atoms with Gasteiger partial charge in [0.15, 0.2) is 0 Å². The van der Waals surface area contributed by atoms with Crippen molar-refractivity contribution < 1.29 is 38.4 Å². The number of amides is 2. The van der Waals surface area contributed by atoms with Crippen LogP contribution in [0.2, 0.25) is 0 Å². The number of benzene rings is 4. The van der Waals surface area contributed by atoms with E-state index in [0.29, 0.717) is 0 Å². The lowest BCUT2D eigenvalue weighted by Gasteiger charge is -2.07. The maximum atomic E-state index is 13.0. The van der Waals surface area contributed by atoms with Gasteiger partial charge in [0.05, 0.1) is 22.2 Å². The summed E-state index contributed by atoms with van der Waals surface area (Å²) in [5.74, 6) is -1.96. The predicted molar refractivity (Wildman–Crippen MR) is 148 cm³/mol. The summed E-state index contributed by atoms with van der Waals surface area (Å²) in [6.45, 7) is 0. The Hall–Kier alpha value is -5.69. The normalized spacial score (nSPS) is 11.5. The highest BCUT2D eigenvalue weighted by Crippen LogP contribution is 2.23. The van der Waals surface area contributed by atoms with Crippen LogP contribution in [0.3, 0.4) is 0 Å². The Morgan fingerprint density at radius 2 is 0.951 bits per heavy atom. The molecule has 0 fully saturated rings. The highest BCUT2D eigenvalue weighted by molar-refractivity contribution is 7.91. The quantitative estimate of drug-likeness (QED) is 0.136. The van der Waals surface area contributed by atoms with Crippen molar-refractivity contribution in [3.8, 4) is 23.0 Å². The van der Waals surface area contributed by atoms with Gasteiger partial charge < -0.3 is 20.4 Å². The molecule has 0 aromatic heterocycles. The average molecular weight is 575 g/mol. The molecule has 12 nitrogen and oxygen atoms in total. The molecule has 4 rings (SSSR count). The SMILES string of the molecule is O=C(N/N=C/c1ccc(O)cc1O)c1ccc(S(=O)(=O)c2ccc(C(=O)N/N=C/c3ccc(O)cc3O)cc2)cc1. The zero-order valence-corrected chi connectivity index (χ0v) is 21.8. The number of hydrogen-bond donors (Lipinski definition) is 6. The summed E-state index contributed by atoms with van der Waals surface area (Å²) in [6, 6.07) is 18.0. The van der Waals surface area contributed by atoms with E-state index >= 15 is 0 Å². The molecular weight excluding hydrogens is 552 g/mol. The first kappa shape index (κ1) is 28.3. The van der Waals surface area contributed by atoms with Gasteiger partial charge in [0.1, 0.15) is 23.0 Å². The Bertz CT molecular complexity index is 1640. The van der Waals surface area contributed by atoms with Crippen LogP contribution in [0, 0.1) is 0 Å². The summed E-state index contributed by atoms with van der Waals surface area (Å²) >= 11 is 0. The molecule has 0 aliphatic rings. The molecule has 6 N–H and O–H groups in total. The zero-order valence-electron chi connectivity index (χ0n) is 21.0. The number of nitrogens with one attached hydrogen (secondary N) is 2. The van der Waals surface area contributed by atoms with E-state index in [2.05, 4.69) is 21.1 Å².